The zero-order chi connectivity index (χ0) is 20.2. The van der Waals surface area contributed by atoms with E-state index in [4.69, 9.17) is 16.1 Å². The Morgan fingerprint density at radius 1 is 1.10 bits per heavy atom. The van der Waals surface area contributed by atoms with Gasteiger partial charge in [-0.15, -0.1) is 0 Å². The van der Waals surface area contributed by atoms with Crippen LogP contribution >= 0.6 is 11.6 Å². The summed E-state index contributed by atoms with van der Waals surface area (Å²) in [5.41, 5.74) is 1.58. The van der Waals surface area contributed by atoms with Crippen LogP contribution in [0.1, 0.15) is 5.89 Å². The van der Waals surface area contributed by atoms with E-state index in [1.807, 2.05) is 30.3 Å². The van der Waals surface area contributed by atoms with E-state index < -0.39 is 0 Å². The molecule has 0 bridgehead atoms. The molecule has 1 aliphatic heterocycles. The first-order valence-corrected chi connectivity index (χ1v) is 9.44. The van der Waals surface area contributed by atoms with Gasteiger partial charge in [-0.3, -0.25) is 9.69 Å². The van der Waals surface area contributed by atoms with Crippen LogP contribution in [0.25, 0.3) is 11.4 Å². The van der Waals surface area contributed by atoms with Crippen LogP contribution in [0.2, 0.25) is 5.02 Å². The zero-order valence-corrected chi connectivity index (χ0v) is 16.2. The summed E-state index contributed by atoms with van der Waals surface area (Å²) < 4.78 is 5.17. The minimum Gasteiger partial charge on any atom is -0.345 e. The molecular formula is C20H18ClN5O3. The average Bonchev–Trinajstić information content (AvgIpc) is 3.35. The van der Waals surface area contributed by atoms with Gasteiger partial charge in [-0.2, -0.15) is 4.98 Å². The van der Waals surface area contributed by atoms with Gasteiger partial charge in [0.25, 0.3) is 0 Å². The Morgan fingerprint density at radius 2 is 1.86 bits per heavy atom. The van der Waals surface area contributed by atoms with E-state index in [1.54, 1.807) is 29.2 Å². The first-order valence-electron chi connectivity index (χ1n) is 9.07. The van der Waals surface area contributed by atoms with Gasteiger partial charge in [0.1, 0.15) is 6.54 Å². The predicted octanol–water partition coefficient (Wildman–Crippen LogP) is 2.95. The highest BCUT2D eigenvalue weighted by atomic mass is 35.5. The maximum Gasteiger partial charge on any atom is 0.325 e. The Balaban J connectivity index is 1.30. The minimum atomic E-state index is -0.296. The van der Waals surface area contributed by atoms with Gasteiger partial charge < -0.3 is 14.7 Å². The number of hydrogen-bond donors (Lipinski definition) is 1. The summed E-state index contributed by atoms with van der Waals surface area (Å²) in [6.07, 6.45) is 0. The van der Waals surface area contributed by atoms with E-state index in [-0.39, 0.29) is 25.0 Å². The molecule has 1 saturated heterocycles. The van der Waals surface area contributed by atoms with Crippen LogP contribution in [0, 0.1) is 0 Å². The fraction of sp³-hybridized carbons (Fsp3) is 0.200. The molecule has 0 unspecified atom stereocenters. The summed E-state index contributed by atoms with van der Waals surface area (Å²) in [5.74, 6) is 0.465. The molecule has 4 rings (SSSR count). The molecule has 0 spiro atoms. The van der Waals surface area contributed by atoms with Crippen molar-refractivity contribution in [3.63, 3.8) is 0 Å². The first kappa shape index (κ1) is 18.9. The number of urea groups is 1. The lowest BCUT2D eigenvalue weighted by Crippen LogP contribution is -2.39. The Bertz CT molecular complexity index is 1010. The third-order valence-electron chi connectivity index (χ3n) is 4.50. The zero-order valence-electron chi connectivity index (χ0n) is 15.4. The second-order valence-electron chi connectivity index (χ2n) is 6.49. The summed E-state index contributed by atoms with van der Waals surface area (Å²) in [4.78, 5) is 32.2. The van der Waals surface area contributed by atoms with Crippen molar-refractivity contribution in [2.24, 2.45) is 0 Å². The third kappa shape index (κ3) is 4.38. The second kappa shape index (κ2) is 8.32. The number of halogens is 1. The monoisotopic (exact) mass is 411 g/mol. The molecule has 29 heavy (non-hydrogen) atoms. The topological polar surface area (TPSA) is 91.6 Å². The molecule has 0 saturated carbocycles. The number of hydrogen-bond acceptors (Lipinski definition) is 5. The van der Waals surface area contributed by atoms with Crippen molar-refractivity contribution in [1.82, 2.24) is 20.4 Å². The second-order valence-corrected chi connectivity index (χ2v) is 6.92. The Hall–Kier alpha value is -3.39. The molecule has 0 atom stereocenters. The van der Waals surface area contributed by atoms with Gasteiger partial charge in [0.15, 0.2) is 0 Å². The van der Waals surface area contributed by atoms with E-state index in [0.29, 0.717) is 29.8 Å². The van der Waals surface area contributed by atoms with E-state index >= 15 is 0 Å². The van der Waals surface area contributed by atoms with Crippen molar-refractivity contribution in [2.75, 3.05) is 24.5 Å². The summed E-state index contributed by atoms with van der Waals surface area (Å²) >= 11 is 5.89. The minimum absolute atomic E-state index is 0.0391. The fourth-order valence-electron chi connectivity index (χ4n) is 3.02. The Morgan fingerprint density at radius 3 is 2.62 bits per heavy atom. The van der Waals surface area contributed by atoms with Crippen LogP contribution in [0.4, 0.5) is 10.5 Å². The van der Waals surface area contributed by atoms with Gasteiger partial charge >= 0.3 is 6.03 Å². The summed E-state index contributed by atoms with van der Waals surface area (Å²) in [6.45, 7) is 1.04. The van der Waals surface area contributed by atoms with Gasteiger partial charge in [0, 0.05) is 29.4 Å². The van der Waals surface area contributed by atoms with Crippen molar-refractivity contribution in [2.45, 2.75) is 6.54 Å². The molecule has 1 aliphatic rings. The SMILES string of the molecule is O=C(CN1CCN(c2ccc(Cl)cc2)C1=O)NCc1nc(-c2ccccc2)no1. The average molecular weight is 412 g/mol. The Labute approximate surface area is 172 Å². The van der Waals surface area contributed by atoms with Crippen molar-refractivity contribution in [3.05, 3.63) is 65.5 Å². The molecule has 148 valence electrons. The lowest BCUT2D eigenvalue weighted by molar-refractivity contribution is -0.121. The van der Waals surface area contributed by atoms with Crippen molar-refractivity contribution >= 4 is 29.2 Å². The van der Waals surface area contributed by atoms with Gasteiger partial charge in [0.05, 0.1) is 6.54 Å². The number of anilines is 1. The maximum atomic E-state index is 12.6. The number of carbonyl (C=O) groups is 2. The van der Waals surface area contributed by atoms with E-state index in [2.05, 4.69) is 15.5 Å². The highest BCUT2D eigenvalue weighted by Crippen LogP contribution is 2.22. The van der Waals surface area contributed by atoms with Crippen molar-refractivity contribution in [3.8, 4) is 11.4 Å². The van der Waals surface area contributed by atoms with Crippen LogP contribution in [-0.2, 0) is 11.3 Å². The number of nitrogens with one attached hydrogen (secondary N) is 1. The fourth-order valence-corrected chi connectivity index (χ4v) is 3.15. The molecule has 2 heterocycles. The number of benzene rings is 2. The van der Waals surface area contributed by atoms with Gasteiger partial charge in [0.2, 0.25) is 17.6 Å². The lowest BCUT2D eigenvalue weighted by Gasteiger charge is -2.18. The molecule has 8 nitrogen and oxygen atoms in total. The molecule has 3 aromatic rings. The Kier molecular flexibility index (Phi) is 5.44. The third-order valence-corrected chi connectivity index (χ3v) is 4.76. The number of aromatic nitrogens is 2. The van der Waals surface area contributed by atoms with Gasteiger partial charge in [-0.05, 0) is 24.3 Å². The van der Waals surface area contributed by atoms with Crippen LogP contribution in [0.15, 0.2) is 59.1 Å². The smallest absolute Gasteiger partial charge is 0.325 e. The lowest BCUT2D eigenvalue weighted by atomic mass is 10.2. The van der Waals surface area contributed by atoms with E-state index in [1.165, 1.54) is 4.90 Å². The highest BCUT2D eigenvalue weighted by molar-refractivity contribution is 6.30. The normalized spacial score (nSPS) is 13.8. The highest BCUT2D eigenvalue weighted by Gasteiger charge is 2.30. The number of amides is 3. The van der Waals surface area contributed by atoms with Crippen LogP contribution in [0.3, 0.4) is 0 Å². The quantitative estimate of drug-likeness (QED) is 0.673. The van der Waals surface area contributed by atoms with E-state index in [9.17, 15) is 9.59 Å². The number of carbonyl (C=O) groups excluding carboxylic acids is 2. The molecule has 1 N–H and O–H groups in total. The van der Waals surface area contributed by atoms with Gasteiger partial charge in [-0.25, -0.2) is 4.79 Å². The molecule has 9 heteroatoms. The van der Waals surface area contributed by atoms with Gasteiger partial charge in [-0.1, -0.05) is 47.1 Å². The van der Waals surface area contributed by atoms with Crippen LogP contribution in [0.5, 0.6) is 0 Å². The summed E-state index contributed by atoms with van der Waals surface area (Å²) in [7, 11) is 0. The first-order chi connectivity index (χ1) is 14.1. The number of nitrogens with zero attached hydrogens (tertiary/aromatic N) is 4. The molecule has 0 radical (unpaired) electrons. The summed E-state index contributed by atoms with van der Waals surface area (Å²) in [6, 6.07) is 16.2. The molecule has 1 fully saturated rings. The number of rotatable bonds is 6. The molecular weight excluding hydrogens is 394 g/mol. The molecule has 3 amide bonds. The summed E-state index contributed by atoms with van der Waals surface area (Å²) in [5, 5.41) is 7.22. The molecule has 0 aliphatic carbocycles. The van der Waals surface area contributed by atoms with Crippen molar-refractivity contribution < 1.29 is 14.1 Å². The predicted molar refractivity (Wildman–Crippen MR) is 107 cm³/mol. The van der Waals surface area contributed by atoms with E-state index in [0.717, 1.165) is 11.3 Å². The molecule has 2 aromatic carbocycles. The van der Waals surface area contributed by atoms with Crippen LogP contribution in [-0.4, -0.2) is 46.6 Å². The largest absolute Gasteiger partial charge is 0.345 e. The standard InChI is InChI=1S/C20H18ClN5O3/c21-15-6-8-16(9-7-15)26-11-10-25(20(26)28)13-17(27)22-12-18-23-19(24-29-18)14-4-2-1-3-5-14/h1-9H,10-13H2,(H,22,27). The molecule has 1 aromatic heterocycles. The van der Waals surface area contributed by atoms with Crippen molar-refractivity contribution in [1.29, 1.82) is 0 Å². The maximum absolute atomic E-state index is 12.6. The van der Waals surface area contributed by atoms with Crippen LogP contribution < -0.4 is 10.2 Å².